The molecule has 3 rings (SSSR count). The monoisotopic (exact) mass is 287 g/mol. The fourth-order valence-electron chi connectivity index (χ4n) is 2.58. The zero-order chi connectivity index (χ0) is 14.8. The topological polar surface area (TPSA) is 71.0 Å². The first-order chi connectivity index (χ1) is 10.2. The molecular weight excluding hydrogens is 270 g/mol. The van der Waals surface area contributed by atoms with E-state index < -0.39 is 12.1 Å². The number of nitrogens with one attached hydrogen (secondary N) is 1. The summed E-state index contributed by atoms with van der Waals surface area (Å²) in [6, 6.07) is 9.18. The van der Waals surface area contributed by atoms with Crippen molar-refractivity contribution in [3.8, 4) is 0 Å². The lowest BCUT2D eigenvalue weighted by Crippen LogP contribution is -2.58. The van der Waals surface area contributed by atoms with Crippen LogP contribution in [0.5, 0.6) is 0 Å². The van der Waals surface area contributed by atoms with Crippen LogP contribution < -0.4 is 5.32 Å². The van der Waals surface area contributed by atoms with Gasteiger partial charge in [0.2, 0.25) is 12.0 Å². The Hall–Kier alpha value is -2.37. The molecule has 2 unspecified atom stereocenters. The number of piperazine rings is 1. The first-order valence-corrected chi connectivity index (χ1v) is 7.03. The van der Waals surface area contributed by atoms with Gasteiger partial charge in [0.1, 0.15) is 6.04 Å². The maximum atomic E-state index is 12.5. The molecule has 0 spiro atoms. The highest BCUT2D eigenvalue weighted by atomic mass is 16.6. The molecule has 0 bridgehead atoms. The van der Waals surface area contributed by atoms with Crippen molar-refractivity contribution < 1.29 is 14.4 Å². The first kappa shape index (κ1) is 13.6. The van der Waals surface area contributed by atoms with Gasteiger partial charge in [0, 0.05) is 19.5 Å². The lowest BCUT2D eigenvalue weighted by atomic mass is 10.0. The third-order valence-electron chi connectivity index (χ3n) is 3.83. The summed E-state index contributed by atoms with van der Waals surface area (Å²) >= 11 is 0. The summed E-state index contributed by atoms with van der Waals surface area (Å²) in [6.45, 7) is 2.71. The summed E-state index contributed by atoms with van der Waals surface area (Å²) in [4.78, 5) is 31.0. The molecule has 2 atom stereocenters. The molecule has 21 heavy (non-hydrogen) atoms. The number of carbonyl (C=O) groups is 2. The number of hydrogen-bond donors (Lipinski definition) is 1. The number of rotatable bonds is 2. The number of carbonyl (C=O) groups excluding carboxylic acids is 2. The summed E-state index contributed by atoms with van der Waals surface area (Å²) in [5, 5.41) is 6.76. The van der Waals surface area contributed by atoms with Gasteiger partial charge in [-0.05, 0) is 12.5 Å². The van der Waals surface area contributed by atoms with Gasteiger partial charge in [0.25, 0.3) is 5.91 Å². The minimum atomic E-state index is -0.631. The van der Waals surface area contributed by atoms with Crippen LogP contribution in [0, 0.1) is 0 Å². The van der Waals surface area contributed by atoms with E-state index in [9.17, 15) is 9.59 Å². The van der Waals surface area contributed by atoms with Crippen LogP contribution in [0.25, 0.3) is 0 Å². The van der Waals surface area contributed by atoms with Gasteiger partial charge in [-0.15, -0.1) is 0 Å². The number of amides is 2. The Morgan fingerprint density at radius 1 is 1.38 bits per heavy atom. The molecule has 0 aromatic heterocycles. The molecule has 1 aromatic rings. The van der Waals surface area contributed by atoms with Gasteiger partial charge in [-0.2, -0.15) is 0 Å². The summed E-state index contributed by atoms with van der Waals surface area (Å²) in [5.74, 6) is -0.302. The molecule has 1 N–H and O–H groups in total. The van der Waals surface area contributed by atoms with Crippen molar-refractivity contribution in [2.45, 2.75) is 25.5 Å². The summed E-state index contributed by atoms with van der Waals surface area (Å²) in [5.41, 5.74) is 1.72. The molecule has 0 aliphatic carbocycles. The molecule has 110 valence electrons. The minimum Gasteiger partial charge on any atom is -0.382 e. The number of nitrogens with zero attached hydrogens (tertiary/aromatic N) is 2. The van der Waals surface area contributed by atoms with Crippen molar-refractivity contribution in [2.24, 2.45) is 5.16 Å². The lowest BCUT2D eigenvalue weighted by Gasteiger charge is -2.33. The van der Waals surface area contributed by atoms with Crippen molar-refractivity contribution in [2.75, 3.05) is 13.1 Å². The van der Waals surface area contributed by atoms with E-state index in [4.69, 9.17) is 4.84 Å². The van der Waals surface area contributed by atoms with Gasteiger partial charge in [-0.3, -0.25) is 9.59 Å². The molecule has 1 saturated heterocycles. The van der Waals surface area contributed by atoms with E-state index in [2.05, 4.69) is 10.5 Å². The van der Waals surface area contributed by atoms with Gasteiger partial charge in [0.05, 0.1) is 5.71 Å². The van der Waals surface area contributed by atoms with Crippen molar-refractivity contribution >= 4 is 17.5 Å². The quantitative estimate of drug-likeness (QED) is 0.862. The van der Waals surface area contributed by atoms with Crippen LogP contribution in [0.3, 0.4) is 0 Å². The Kier molecular flexibility index (Phi) is 3.60. The molecule has 1 fully saturated rings. The van der Waals surface area contributed by atoms with E-state index in [1.165, 1.54) is 0 Å². The maximum Gasteiger partial charge on any atom is 0.267 e. The molecule has 6 heteroatoms. The zero-order valence-electron chi connectivity index (χ0n) is 11.8. The molecule has 0 saturated carbocycles. The highest BCUT2D eigenvalue weighted by Gasteiger charge is 2.37. The van der Waals surface area contributed by atoms with Gasteiger partial charge >= 0.3 is 0 Å². The Morgan fingerprint density at radius 3 is 2.90 bits per heavy atom. The predicted octanol–water partition coefficient (Wildman–Crippen LogP) is 0.527. The molecule has 2 aliphatic heterocycles. The smallest absolute Gasteiger partial charge is 0.267 e. The normalized spacial score (nSPS) is 25.1. The molecule has 2 heterocycles. The predicted molar refractivity (Wildman–Crippen MR) is 76.7 cm³/mol. The fourth-order valence-corrected chi connectivity index (χ4v) is 2.58. The second-order valence-electron chi connectivity index (χ2n) is 5.20. The van der Waals surface area contributed by atoms with Crippen LogP contribution >= 0.6 is 0 Å². The van der Waals surface area contributed by atoms with Crippen LogP contribution in [-0.4, -0.2) is 47.7 Å². The SMILES string of the molecule is CC1C(=O)NCCN1C(=O)C1CC(c2ccccc2)=NO1. The van der Waals surface area contributed by atoms with Crippen molar-refractivity contribution in [3.05, 3.63) is 35.9 Å². The third kappa shape index (κ3) is 2.61. The minimum absolute atomic E-state index is 0.128. The van der Waals surface area contributed by atoms with Crippen LogP contribution in [0.1, 0.15) is 18.9 Å². The second kappa shape index (κ2) is 5.55. The lowest BCUT2D eigenvalue weighted by molar-refractivity contribution is -0.150. The molecule has 2 amide bonds. The molecule has 6 nitrogen and oxygen atoms in total. The van der Waals surface area contributed by atoms with Crippen molar-refractivity contribution in [1.82, 2.24) is 10.2 Å². The third-order valence-corrected chi connectivity index (χ3v) is 3.83. The van der Waals surface area contributed by atoms with Crippen molar-refractivity contribution in [3.63, 3.8) is 0 Å². The fraction of sp³-hybridized carbons (Fsp3) is 0.400. The maximum absolute atomic E-state index is 12.5. The van der Waals surface area contributed by atoms with E-state index in [-0.39, 0.29) is 11.8 Å². The Bertz CT molecular complexity index is 585. The molecule has 0 radical (unpaired) electrons. The van der Waals surface area contributed by atoms with E-state index in [0.717, 1.165) is 11.3 Å². The van der Waals surface area contributed by atoms with Crippen LogP contribution in [0.4, 0.5) is 0 Å². The average molecular weight is 287 g/mol. The van der Waals surface area contributed by atoms with Gasteiger partial charge in [-0.1, -0.05) is 35.5 Å². The average Bonchev–Trinajstić information content (AvgIpc) is 3.00. The van der Waals surface area contributed by atoms with E-state index in [1.807, 2.05) is 30.3 Å². The van der Waals surface area contributed by atoms with E-state index in [0.29, 0.717) is 19.5 Å². The van der Waals surface area contributed by atoms with Crippen molar-refractivity contribution in [1.29, 1.82) is 0 Å². The second-order valence-corrected chi connectivity index (χ2v) is 5.20. The van der Waals surface area contributed by atoms with Crippen LogP contribution in [0.15, 0.2) is 35.5 Å². The van der Waals surface area contributed by atoms with Gasteiger partial charge < -0.3 is 15.1 Å². The Balaban J connectivity index is 1.67. The van der Waals surface area contributed by atoms with E-state index >= 15 is 0 Å². The summed E-state index contributed by atoms with van der Waals surface area (Å²) in [7, 11) is 0. The molecule has 2 aliphatic rings. The van der Waals surface area contributed by atoms with Gasteiger partial charge in [0.15, 0.2) is 0 Å². The Labute approximate surface area is 122 Å². The summed E-state index contributed by atoms with van der Waals surface area (Å²) in [6.07, 6.45) is -0.193. The Morgan fingerprint density at radius 2 is 2.14 bits per heavy atom. The van der Waals surface area contributed by atoms with Crippen LogP contribution in [-0.2, 0) is 14.4 Å². The number of oxime groups is 1. The first-order valence-electron chi connectivity index (χ1n) is 7.03. The van der Waals surface area contributed by atoms with E-state index in [1.54, 1.807) is 11.8 Å². The summed E-state index contributed by atoms with van der Waals surface area (Å²) < 4.78 is 0. The van der Waals surface area contributed by atoms with Gasteiger partial charge in [-0.25, -0.2) is 0 Å². The number of benzene rings is 1. The molecule has 1 aromatic carbocycles. The highest BCUT2D eigenvalue weighted by Crippen LogP contribution is 2.19. The molecular formula is C15H17N3O3. The zero-order valence-corrected chi connectivity index (χ0v) is 11.8. The largest absolute Gasteiger partial charge is 0.382 e. The van der Waals surface area contributed by atoms with Crippen LogP contribution in [0.2, 0.25) is 0 Å². The highest BCUT2D eigenvalue weighted by molar-refractivity contribution is 6.04. The standard InChI is InChI=1S/C15H17N3O3/c1-10-14(19)16-7-8-18(10)15(20)13-9-12(17-21-13)11-5-3-2-4-6-11/h2-6,10,13H,7-9H2,1H3,(H,16,19). The number of hydrogen-bond acceptors (Lipinski definition) is 4.